The predicted molar refractivity (Wildman–Crippen MR) is 78.9 cm³/mol. The van der Waals surface area contributed by atoms with Crippen LogP contribution in [0.15, 0.2) is 68.9 Å². The second-order valence-corrected chi connectivity index (χ2v) is 7.21. The fourth-order valence-corrected chi connectivity index (χ4v) is 3.92. The molecule has 3 rings (SSSR count). The van der Waals surface area contributed by atoms with E-state index in [-0.39, 0.29) is 4.21 Å². The van der Waals surface area contributed by atoms with Crippen LogP contribution in [-0.2, 0) is 14.3 Å². The normalized spacial score (nSPS) is 18.4. The van der Waals surface area contributed by atoms with Crippen LogP contribution in [0.4, 0.5) is 5.69 Å². The first-order chi connectivity index (χ1) is 10.1. The largest absolute Gasteiger partial charge is 0.325 e. The predicted octanol–water partition coefficient (Wildman–Crippen LogP) is 3.49. The summed E-state index contributed by atoms with van der Waals surface area (Å²) in [6.45, 7) is 1.80. The number of thiophene rings is 1. The van der Waals surface area contributed by atoms with E-state index in [1.165, 1.54) is 6.07 Å². The van der Waals surface area contributed by atoms with Crippen molar-refractivity contribution in [2.24, 2.45) is 5.11 Å². The third-order valence-corrected chi connectivity index (χ3v) is 5.52. The number of hydrogen-bond donors (Lipinski definition) is 0. The number of hydrogen-bond acceptors (Lipinski definition) is 5. The summed E-state index contributed by atoms with van der Waals surface area (Å²) >= 11 is 1.13. The lowest BCUT2D eigenvalue weighted by atomic mass is 10.3. The maximum Gasteiger partial charge on any atom is 0.325 e. The summed E-state index contributed by atoms with van der Waals surface area (Å²) in [6.07, 6.45) is 0.914. The van der Waals surface area contributed by atoms with E-state index in [1.807, 2.05) is 30.3 Å². The smallest absolute Gasteiger partial charge is 0.193 e. The first-order valence-electron chi connectivity index (χ1n) is 6.27. The van der Waals surface area contributed by atoms with Gasteiger partial charge in [-0.05, 0) is 23.5 Å². The van der Waals surface area contributed by atoms with E-state index in [1.54, 1.807) is 29.1 Å². The number of benzene rings is 1. The van der Waals surface area contributed by atoms with Gasteiger partial charge in [-0.2, -0.15) is 12.6 Å². The molecule has 0 unspecified atom stereocenters. The molecule has 108 valence electrons. The topological polar surface area (TPSA) is 58.7 Å². The first kappa shape index (κ1) is 14.1. The van der Waals surface area contributed by atoms with E-state index in [4.69, 9.17) is 4.18 Å². The zero-order valence-corrected chi connectivity index (χ0v) is 12.8. The summed E-state index contributed by atoms with van der Waals surface area (Å²) in [5, 5.41) is 6.01. The summed E-state index contributed by atoms with van der Waals surface area (Å²) in [6, 6.07) is 12.5. The molecule has 1 aliphatic heterocycles. The second-order valence-electron chi connectivity index (χ2n) is 4.46. The Labute approximate surface area is 126 Å². The van der Waals surface area contributed by atoms with Crippen molar-refractivity contribution < 1.29 is 17.3 Å². The van der Waals surface area contributed by atoms with Crippen LogP contribution in [0.1, 0.15) is 6.92 Å². The average molecular weight is 321 g/mol. The summed E-state index contributed by atoms with van der Waals surface area (Å²) in [5.41, 5.74) is 1.49. The molecule has 0 N–H and O–H groups in total. The van der Waals surface area contributed by atoms with Crippen molar-refractivity contribution >= 4 is 27.1 Å². The van der Waals surface area contributed by atoms with Gasteiger partial charge < -0.3 is 0 Å². The Hall–Kier alpha value is -1.83. The lowest BCUT2D eigenvalue weighted by molar-refractivity contribution is -0.566. The van der Waals surface area contributed by atoms with Crippen LogP contribution >= 0.6 is 11.3 Å². The molecule has 1 atom stereocenters. The lowest BCUT2D eigenvalue weighted by Crippen LogP contribution is -2.23. The monoisotopic (exact) mass is 321 g/mol. The van der Waals surface area contributed by atoms with Crippen molar-refractivity contribution in [2.45, 2.75) is 17.4 Å². The number of rotatable bonds is 4. The summed E-state index contributed by atoms with van der Waals surface area (Å²) in [5.74, 6) is 0. The van der Waals surface area contributed by atoms with Crippen molar-refractivity contribution in [1.29, 1.82) is 0 Å². The van der Waals surface area contributed by atoms with Gasteiger partial charge in [-0.1, -0.05) is 29.0 Å². The molecule has 1 aliphatic rings. The molecule has 1 aromatic heterocycles. The fraction of sp³-hybridized carbons (Fsp3) is 0.143. The summed E-state index contributed by atoms with van der Waals surface area (Å²) in [7, 11) is -3.79. The van der Waals surface area contributed by atoms with Crippen LogP contribution in [0.2, 0.25) is 0 Å². The highest BCUT2D eigenvalue weighted by Gasteiger charge is 2.35. The van der Waals surface area contributed by atoms with Crippen LogP contribution < -0.4 is 0 Å². The van der Waals surface area contributed by atoms with Gasteiger partial charge in [0.05, 0.1) is 0 Å². The van der Waals surface area contributed by atoms with E-state index in [2.05, 4.69) is 5.11 Å². The van der Waals surface area contributed by atoms with E-state index >= 15 is 0 Å². The Balaban J connectivity index is 1.90. The van der Waals surface area contributed by atoms with Crippen molar-refractivity contribution in [3.05, 3.63) is 59.6 Å². The van der Waals surface area contributed by atoms with E-state index in [9.17, 15) is 8.42 Å². The molecule has 0 amide bonds. The highest BCUT2D eigenvalue weighted by Crippen LogP contribution is 2.27. The number of nitrogens with zero attached hydrogens (tertiary/aromatic N) is 2. The molecule has 0 spiro atoms. The van der Waals surface area contributed by atoms with Crippen LogP contribution in [0.5, 0.6) is 0 Å². The van der Waals surface area contributed by atoms with Crippen LogP contribution in [-0.4, -0.2) is 19.3 Å². The molecule has 0 saturated heterocycles. The van der Waals surface area contributed by atoms with Gasteiger partial charge in [-0.3, -0.25) is 0 Å². The van der Waals surface area contributed by atoms with Gasteiger partial charge in [0, 0.05) is 18.2 Å². The summed E-state index contributed by atoms with van der Waals surface area (Å²) < 4.78 is 31.5. The van der Waals surface area contributed by atoms with Crippen LogP contribution in [0, 0.1) is 0 Å². The van der Waals surface area contributed by atoms with E-state index in [0.29, 0.717) is 5.70 Å². The maximum atomic E-state index is 12.2. The third-order valence-electron chi connectivity index (χ3n) is 2.88. The van der Waals surface area contributed by atoms with E-state index < -0.39 is 16.3 Å². The lowest BCUT2D eigenvalue weighted by Gasteiger charge is -2.06. The Kier molecular flexibility index (Phi) is 3.71. The molecule has 0 bridgehead atoms. The minimum absolute atomic E-state index is 0.188. The Bertz CT molecular complexity index is 794. The molecular weight excluding hydrogens is 308 g/mol. The molecule has 0 radical (unpaired) electrons. The number of para-hydroxylation sites is 1. The van der Waals surface area contributed by atoms with Crippen molar-refractivity contribution in [3.8, 4) is 0 Å². The summed E-state index contributed by atoms with van der Waals surface area (Å²) in [4.78, 5) is 0. The molecule has 21 heavy (non-hydrogen) atoms. The zero-order valence-electron chi connectivity index (χ0n) is 11.2. The fourth-order valence-electron chi connectivity index (χ4n) is 1.97. The Morgan fingerprint density at radius 2 is 1.95 bits per heavy atom. The molecule has 7 heteroatoms. The zero-order chi connectivity index (χ0) is 14.9. The van der Waals surface area contributed by atoms with Gasteiger partial charge in [0.1, 0.15) is 9.91 Å². The molecule has 0 fully saturated rings. The number of allylic oxidation sites excluding steroid dienone is 1. The first-order valence-corrected chi connectivity index (χ1v) is 8.56. The molecule has 0 aliphatic carbocycles. The van der Waals surface area contributed by atoms with Gasteiger partial charge in [0.2, 0.25) is 5.69 Å². The average Bonchev–Trinajstić information content (AvgIpc) is 3.09. The number of azo groups is 2. The highest BCUT2D eigenvalue weighted by atomic mass is 32.3. The molecular formula is C14H13N2O3S2+. The second kappa shape index (κ2) is 5.51. The van der Waals surface area contributed by atoms with Crippen LogP contribution in [0.25, 0.3) is 0 Å². The van der Waals surface area contributed by atoms with Gasteiger partial charge in [0.15, 0.2) is 0 Å². The quantitative estimate of drug-likeness (QED) is 0.640. The Morgan fingerprint density at radius 3 is 2.62 bits per heavy atom. The molecule has 5 nitrogen and oxygen atoms in total. The maximum absolute atomic E-state index is 12.2. The van der Waals surface area contributed by atoms with Crippen molar-refractivity contribution in [1.82, 2.24) is 0 Å². The SMILES string of the molecule is CC1=C[C@H](OS(=O)(=O)c2cccs2)[N+](c2ccccc2)=N1. The van der Waals surface area contributed by atoms with Crippen molar-refractivity contribution in [2.75, 3.05) is 0 Å². The Morgan fingerprint density at radius 1 is 1.19 bits per heavy atom. The van der Waals surface area contributed by atoms with Crippen LogP contribution in [0.3, 0.4) is 0 Å². The van der Waals surface area contributed by atoms with E-state index in [0.717, 1.165) is 17.0 Å². The van der Waals surface area contributed by atoms with Gasteiger partial charge in [-0.15, -0.1) is 11.3 Å². The molecule has 0 saturated carbocycles. The third kappa shape index (κ3) is 2.94. The van der Waals surface area contributed by atoms with Crippen molar-refractivity contribution in [3.63, 3.8) is 0 Å². The molecule has 2 aromatic rings. The minimum Gasteiger partial charge on any atom is -0.193 e. The highest BCUT2D eigenvalue weighted by molar-refractivity contribution is 7.89. The minimum atomic E-state index is -3.79. The van der Waals surface area contributed by atoms with Gasteiger partial charge in [-0.25, -0.2) is 0 Å². The standard InChI is InChI=1S/C14H13N2O3S2/c1-11-10-13(16(15-11)12-6-3-2-4-7-12)19-21(17,18)14-8-5-9-20-14/h2-10,13H,1H3/q+1/t13-/m0/s1. The molecule has 2 heterocycles. The molecule has 1 aromatic carbocycles. The van der Waals surface area contributed by atoms with Gasteiger partial charge >= 0.3 is 16.3 Å². The van der Waals surface area contributed by atoms with Gasteiger partial charge in [0.25, 0.3) is 0 Å².